The van der Waals surface area contributed by atoms with Crippen LogP contribution in [0.3, 0.4) is 0 Å². The Hall–Kier alpha value is -2.89. The number of carbonyl (C=O) groups excluding carboxylic acids is 2. The fourth-order valence-corrected chi connectivity index (χ4v) is 2.44. The molecule has 0 radical (unpaired) electrons. The average Bonchev–Trinajstić information content (AvgIpc) is 2.69. The summed E-state index contributed by atoms with van der Waals surface area (Å²) >= 11 is 0. The van der Waals surface area contributed by atoms with E-state index in [-0.39, 0.29) is 30.2 Å². The Kier molecular flexibility index (Phi) is 11.0. The summed E-state index contributed by atoms with van der Waals surface area (Å²) in [5, 5.41) is 7.97. The van der Waals surface area contributed by atoms with Crippen molar-refractivity contribution in [3.8, 4) is 5.75 Å². The van der Waals surface area contributed by atoms with Crippen LogP contribution in [0.4, 0.5) is 0 Å². The molecule has 0 heterocycles. The molecule has 0 amide bonds. The first-order chi connectivity index (χ1) is 13.5. The van der Waals surface area contributed by atoms with Crippen molar-refractivity contribution in [2.45, 2.75) is 45.4 Å². The summed E-state index contributed by atoms with van der Waals surface area (Å²) in [6.45, 7) is 9.18. The van der Waals surface area contributed by atoms with Gasteiger partial charge in [-0.25, -0.2) is 9.59 Å². The summed E-state index contributed by atoms with van der Waals surface area (Å²) in [4.78, 5) is 24.5. The molecule has 0 saturated carbocycles. The van der Waals surface area contributed by atoms with Gasteiger partial charge < -0.3 is 14.2 Å². The lowest BCUT2D eigenvalue weighted by Gasteiger charge is -2.12. The van der Waals surface area contributed by atoms with Crippen LogP contribution in [0.25, 0.3) is 0 Å². The molecule has 28 heavy (non-hydrogen) atoms. The highest BCUT2D eigenvalue weighted by molar-refractivity contribution is 6.03. The molecular weight excluding hydrogens is 358 g/mol. The van der Waals surface area contributed by atoms with Crippen molar-refractivity contribution in [2.75, 3.05) is 13.2 Å². The molecule has 152 valence electrons. The number of benzene rings is 1. The van der Waals surface area contributed by atoms with Crippen molar-refractivity contribution in [3.05, 3.63) is 54.6 Å². The van der Waals surface area contributed by atoms with Crippen LogP contribution < -0.4 is 4.74 Å². The van der Waals surface area contributed by atoms with Gasteiger partial charge in [-0.05, 0) is 24.6 Å². The summed E-state index contributed by atoms with van der Waals surface area (Å²) in [5.74, 6) is -0.946. The van der Waals surface area contributed by atoms with Gasteiger partial charge in [-0.3, -0.25) is 5.41 Å². The first-order valence-corrected chi connectivity index (χ1v) is 9.48. The van der Waals surface area contributed by atoms with Gasteiger partial charge in [0.15, 0.2) is 5.90 Å². The minimum absolute atomic E-state index is 0.0125. The first kappa shape index (κ1) is 23.1. The summed E-state index contributed by atoms with van der Waals surface area (Å²) in [6.07, 6.45) is 8.81. The van der Waals surface area contributed by atoms with E-state index in [1.54, 1.807) is 0 Å². The quantitative estimate of drug-likeness (QED) is 0.167. The van der Waals surface area contributed by atoms with Crippen LogP contribution in [0.1, 0.15) is 66.2 Å². The third-order valence-corrected chi connectivity index (χ3v) is 3.84. The van der Waals surface area contributed by atoms with Crippen molar-refractivity contribution in [3.63, 3.8) is 0 Å². The first-order valence-electron chi connectivity index (χ1n) is 9.48. The normalized spacial score (nSPS) is 10.0. The number of hydrogen-bond acceptors (Lipinski definition) is 6. The Labute approximate surface area is 166 Å². The highest BCUT2D eigenvalue weighted by Gasteiger charge is 2.20. The van der Waals surface area contributed by atoms with Crippen LogP contribution >= 0.6 is 0 Å². The molecule has 1 aromatic carbocycles. The van der Waals surface area contributed by atoms with Crippen molar-refractivity contribution < 1.29 is 23.8 Å². The van der Waals surface area contributed by atoms with E-state index in [0.717, 1.165) is 19.3 Å². The number of esters is 2. The fourth-order valence-electron chi connectivity index (χ4n) is 2.44. The van der Waals surface area contributed by atoms with E-state index in [0.29, 0.717) is 12.2 Å². The van der Waals surface area contributed by atoms with Crippen molar-refractivity contribution in [1.82, 2.24) is 0 Å². The molecule has 0 aliphatic rings. The molecule has 0 saturated heterocycles. The minimum Gasteiger partial charge on any atom is -0.458 e. The zero-order valence-corrected chi connectivity index (χ0v) is 16.5. The van der Waals surface area contributed by atoms with Crippen LogP contribution in [0.5, 0.6) is 5.75 Å². The second-order valence-corrected chi connectivity index (χ2v) is 6.17. The smallest absolute Gasteiger partial charge is 0.339 e. The molecule has 0 spiro atoms. The maximum Gasteiger partial charge on any atom is 0.339 e. The molecular formula is C22H29NO5. The molecule has 0 bridgehead atoms. The molecule has 0 aliphatic carbocycles. The highest BCUT2D eigenvalue weighted by atomic mass is 16.5. The summed E-state index contributed by atoms with van der Waals surface area (Å²) in [7, 11) is 0. The van der Waals surface area contributed by atoms with Gasteiger partial charge in [0.1, 0.15) is 19.0 Å². The predicted molar refractivity (Wildman–Crippen MR) is 109 cm³/mol. The van der Waals surface area contributed by atoms with E-state index in [4.69, 9.17) is 19.6 Å². The Bertz CT molecular complexity index is 696. The number of unbranched alkanes of at least 4 members (excludes halogenated alkanes) is 4. The van der Waals surface area contributed by atoms with Gasteiger partial charge in [0, 0.05) is 6.42 Å². The van der Waals surface area contributed by atoms with E-state index < -0.39 is 11.9 Å². The van der Waals surface area contributed by atoms with E-state index in [2.05, 4.69) is 20.1 Å². The minimum atomic E-state index is -0.693. The molecule has 0 atom stereocenters. The molecule has 1 N–H and O–H groups in total. The van der Waals surface area contributed by atoms with Gasteiger partial charge in [0.25, 0.3) is 0 Å². The number of ether oxygens (including phenoxy) is 3. The van der Waals surface area contributed by atoms with Crippen LogP contribution in [0.15, 0.2) is 43.5 Å². The lowest BCUT2D eigenvalue weighted by molar-refractivity contribution is 0.0503. The third kappa shape index (κ3) is 8.20. The van der Waals surface area contributed by atoms with Crippen LogP contribution in [-0.2, 0) is 9.47 Å². The average molecular weight is 387 g/mol. The van der Waals surface area contributed by atoms with Crippen LogP contribution in [0, 0.1) is 5.41 Å². The van der Waals surface area contributed by atoms with Crippen LogP contribution in [0.2, 0.25) is 0 Å². The monoisotopic (exact) mass is 387 g/mol. The molecule has 6 nitrogen and oxygen atoms in total. The Morgan fingerprint density at radius 3 is 2.18 bits per heavy atom. The van der Waals surface area contributed by atoms with Gasteiger partial charge in [-0.15, -0.1) is 0 Å². The summed E-state index contributed by atoms with van der Waals surface area (Å²) in [6, 6.07) is 4.35. The zero-order valence-electron chi connectivity index (χ0n) is 16.5. The van der Waals surface area contributed by atoms with E-state index in [9.17, 15) is 9.59 Å². The SMILES string of the molecule is C=CCOC(=O)c1ccc(OC(=N)CCCCCCC)cc1C(=O)OCC=C. The Morgan fingerprint density at radius 1 is 0.964 bits per heavy atom. The number of hydrogen-bond donors (Lipinski definition) is 1. The van der Waals surface area contributed by atoms with Crippen LogP contribution in [-0.4, -0.2) is 31.1 Å². The molecule has 0 unspecified atom stereocenters. The van der Waals surface area contributed by atoms with Gasteiger partial charge >= 0.3 is 11.9 Å². The molecule has 0 fully saturated rings. The largest absolute Gasteiger partial charge is 0.458 e. The maximum atomic E-state index is 12.3. The van der Waals surface area contributed by atoms with Gasteiger partial charge in [0.05, 0.1) is 11.1 Å². The second kappa shape index (κ2) is 13.3. The molecule has 0 aromatic heterocycles. The van der Waals surface area contributed by atoms with E-state index in [1.807, 2.05) is 0 Å². The maximum absolute atomic E-state index is 12.3. The third-order valence-electron chi connectivity index (χ3n) is 3.84. The van der Waals surface area contributed by atoms with Crippen molar-refractivity contribution >= 4 is 17.8 Å². The Morgan fingerprint density at radius 2 is 1.57 bits per heavy atom. The van der Waals surface area contributed by atoms with Gasteiger partial charge in [-0.2, -0.15) is 0 Å². The predicted octanol–water partition coefficient (Wildman–Crippen LogP) is 5.09. The van der Waals surface area contributed by atoms with Gasteiger partial charge in [0.2, 0.25) is 0 Å². The zero-order chi connectivity index (χ0) is 20.8. The summed E-state index contributed by atoms with van der Waals surface area (Å²) in [5.41, 5.74) is 0.0820. The fraction of sp³-hybridized carbons (Fsp3) is 0.409. The van der Waals surface area contributed by atoms with Gasteiger partial charge in [-0.1, -0.05) is 57.9 Å². The topological polar surface area (TPSA) is 85.7 Å². The lowest BCUT2D eigenvalue weighted by Crippen LogP contribution is -2.15. The summed E-state index contributed by atoms with van der Waals surface area (Å²) < 4.78 is 15.6. The van der Waals surface area contributed by atoms with E-state index >= 15 is 0 Å². The number of nitrogens with one attached hydrogen (secondary N) is 1. The Balaban J connectivity index is 2.85. The van der Waals surface area contributed by atoms with Crippen molar-refractivity contribution in [1.29, 1.82) is 5.41 Å². The molecule has 6 heteroatoms. The lowest BCUT2D eigenvalue weighted by atomic mass is 10.1. The number of rotatable bonds is 13. The van der Waals surface area contributed by atoms with E-state index in [1.165, 1.54) is 43.2 Å². The highest BCUT2D eigenvalue weighted by Crippen LogP contribution is 2.21. The molecule has 0 aliphatic heterocycles. The molecule has 1 rings (SSSR count). The van der Waals surface area contributed by atoms with Crippen molar-refractivity contribution in [2.24, 2.45) is 0 Å². The standard InChI is InChI=1S/C22H29NO5/c1-4-7-8-9-10-11-20(23)28-17-12-13-18(21(24)26-14-5-2)19(16-17)22(25)27-15-6-3/h5-6,12-13,16,23H,2-4,7-11,14-15H2,1H3. The molecule has 1 aromatic rings. The second-order valence-electron chi connectivity index (χ2n) is 6.17. The number of carbonyl (C=O) groups is 2.